The first-order chi connectivity index (χ1) is 9.38. The zero-order valence-electron chi connectivity index (χ0n) is 13.0. The number of nitrogens with one attached hydrogen (secondary N) is 1. The number of likely N-dealkylation sites (N-methyl/N-ethyl adjacent to an activating group) is 1. The molecule has 112 valence electrons. The molecular formula is C16H25NO2S. The Morgan fingerprint density at radius 3 is 2.35 bits per heavy atom. The summed E-state index contributed by atoms with van der Waals surface area (Å²) in [6.07, 6.45) is 0. The molecule has 0 aliphatic rings. The van der Waals surface area contributed by atoms with Crippen molar-refractivity contribution < 1.29 is 9.53 Å². The van der Waals surface area contributed by atoms with Crippen molar-refractivity contribution in [3.8, 4) is 0 Å². The highest BCUT2D eigenvalue weighted by Crippen LogP contribution is 2.26. The fourth-order valence-electron chi connectivity index (χ4n) is 1.74. The summed E-state index contributed by atoms with van der Waals surface area (Å²) in [5, 5.41) is 3.00. The topological polar surface area (TPSA) is 38.3 Å². The van der Waals surface area contributed by atoms with Gasteiger partial charge in [0.15, 0.2) is 0 Å². The van der Waals surface area contributed by atoms with Gasteiger partial charge in [-0.15, -0.1) is 11.8 Å². The van der Waals surface area contributed by atoms with E-state index < -0.39 is 0 Å². The summed E-state index contributed by atoms with van der Waals surface area (Å²) >= 11 is 1.66. The number of ether oxygens (including phenoxy) is 1. The average Bonchev–Trinajstić information content (AvgIpc) is 2.39. The summed E-state index contributed by atoms with van der Waals surface area (Å²) in [7, 11) is 1.78. The van der Waals surface area contributed by atoms with Crippen molar-refractivity contribution in [1.82, 2.24) is 5.32 Å². The second-order valence-electron chi connectivity index (χ2n) is 5.68. The van der Waals surface area contributed by atoms with Crippen LogP contribution in [-0.4, -0.2) is 31.4 Å². The number of carbonyl (C=O) groups is 1. The third-order valence-corrected chi connectivity index (χ3v) is 4.16. The molecule has 0 aromatic heterocycles. The Morgan fingerprint density at radius 2 is 1.90 bits per heavy atom. The van der Waals surface area contributed by atoms with E-state index in [0.29, 0.717) is 12.4 Å². The van der Waals surface area contributed by atoms with E-state index in [2.05, 4.69) is 50.4 Å². The molecule has 20 heavy (non-hydrogen) atoms. The largest absolute Gasteiger partial charge is 0.465 e. The van der Waals surface area contributed by atoms with Gasteiger partial charge in [-0.2, -0.15) is 0 Å². The van der Waals surface area contributed by atoms with Crippen molar-refractivity contribution in [2.24, 2.45) is 0 Å². The number of benzene rings is 1. The number of hydrogen-bond acceptors (Lipinski definition) is 4. The van der Waals surface area contributed by atoms with Crippen LogP contribution in [-0.2, 0) is 14.9 Å². The molecule has 1 aromatic carbocycles. The maximum absolute atomic E-state index is 11.7. The Morgan fingerprint density at radius 1 is 1.30 bits per heavy atom. The molecule has 0 saturated carbocycles. The highest BCUT2D eigenvalue weighted by Gasteiger charge is 2.18. The molecule has 0 fully saturated rings. The summed E-state index contributed by atoms with van der Waals surface area (Å²) in [6.45, 7) is 8.84. The highest BCUT2D eigenvalue weighted by molar-refractivity contribution is 7.99. The van der Waals surface area contributed by atoms with E-state index >= 15 is 0 Å². The van der Waals surface area contributed by atoms with Crippen LogP contribution in [0.3, 0.4) is 0 Å². The van der Waals surface area contributed by atoms with Gasteiger partial charge in [-0.05, 0) is 37.1 Å². The van der Waals surface area contributed by atoms with E-state index in [1.807, 2.05) is 6.92 Å². The van der Waals surface area contributed by atoms with Crippen molar-refractivity contribution in [1.29, 1.82) is 0 Å². The fourth-order valence-corrected chi connectivity index (χ4v) is 2.73. The summed E-state index contributed by atoms with van der Waals surface area (Å²) in [6, 6.07) is 8.27. The monoisotopic (exact) mass is 295 g/mol. The molecule has 1 aromatic rings. The van der Waals surface area contributed by atoms with Crippen LogP contribution in [0.4, 0.5) is 0 Å². The summed E-state index contributed by atoms with van der Waals surface area (Å²) in [5.74, 6) is 0.485. The minimum Gasteiger partial charge on any atom is -0.465 e. The second kappa shape index (κ2) is 7.70. The van der Waals surface area contributed by atoms with Crippen LogP contribution in [0.25, 0.3) is 0 Å². The van der Waals surface area contributed by atoms with E-state index in [4.69, 9.17) is 4.74 Å². The molecule has 1 N–H and O–H groups in total. The van der Waals surface area contributed by atoms with Crippen LogP contribution in [0.5, 0.6) is 0 Å². The Balaban J connectivity index is 2.58. The van der Waals surface area contributed by atoms with Gasteiger partial charge < -0.3 is 10.1 Å². The molecular weight excluding hydrogens is 270 g/mol. The van der Waals surface area contributed by atoms with Gasteiger partial charge in [-0.25, -0.2) is 0 Å². The van der Waals surface area contributed by atoms with Gasteiger partial charge in [-0.3, -0.25) is 4.79 Å². The molecule has 3 nitrogen and oxygen atoms in total. The average molecular weight is 295 g/mol. The highest BCUT2D eigenvalue weighted by atomic mass is 32.2. The number of hydrogen-bond donors (Lipinski definition) is 1. The van der Waals surface area contributed by atoms with Gasteiger partial charge >= 0.3 is 5.97 Å². The zero-order valence-corrected chi connectivity index (χ0v) is 13.8. The normalized spacial score (nSPS) is 13.1. The third-order valence-electron chi connectivity index (χ3n) is 3.06. The molecule has 0 amide bonds. The number of esters is 1. The summed E-state index contributed by atoms with van der Waals surface area (Å²) in [4.78, 5) is 12.9. The number of carbonyl (C=O) groups excluding carboxylic acids is 1. The minimum atomic E-state index is -0.262. The van der Waals surface area contributed by atoms with Crippen LogP contribution in [0.15, 0.2) is 29.2 Å². The number of thioether (sulfide) groups is 1. The van der Waals surface area contributed by atoms with Crippen molar-refractivity contribution in [2.45, 2.75) is 44.0 Å². The molecule has 1 unspecified atom stereocenters. The summed E-state index contributed by atoms with van der Waals surface area (Å²) in [5.41, 5.74) is 1.49. The molecule has 0 heterocycles. The quantitative estimate of drug-likeness (QED) is 0.646. The van der Waals surface area contributed by atoms with Crippen molar-refractivity contribution in [3.05, 3.63) is 29.8 Å². The molecule has 1 rings (SSSR count). The van der Waals surface area contributed by atoms with Crippen molar-refractivity contribution in [2.75, 3.05) is 19.4 Å². The molecule has 0 spiro atoms. The van der Waals surface area contributed by atoms with E-state index in [9.17, 15) is 4.79 Å². The maximum atomic E-state index is 11.7. The van der Waals surface area contributed by atoms with E-state index in [0.717, 1.165) is 0 Å². The zero-order chi connectivity index (χ0) is 15.2. The molecule has 0 saturated heterocycles. The fraction of sp³-hybridized carbons (Fsp3) is 0.562. The lowest BCUT2D eigenvalue weighted by Gasteiger charge is -2.19. The predicted molar refractivity (Wildman–Crippen MR) is 85.3 cm³/mol. The molecule has 0 radical (unpaired) electrons. The maximum Gasteiger partial charge on any atom is 0.323 e. The lowest BCUT2D eigenvalue weighted by atomic mass is 9.87. The smallest absolute Gasteiger partial charge is 0.323 e. The SMILES string of the molecule is CCOC(=O)C(CSc1ccc(C(C)(C)C)cc1)NC. The van der Waals surface area contributed by atoms with Crippen LogP contribution in [0.1, 0.15) is 33.3 Å². The van der Waals surface area contributed by atoms with Crippen LogP contribution >= 0.6 is 11.8 Å². The lowest BCUT2D eigenvalue weighted by Crippen LogP contribution is -2.37. The molecule has 1 atom stereocenters. The lowest BCUT2D eigenvalue weighted by molar-refractivity contribution is -0.144. The van der Waals surface area contributed by atoms with Gasteiger partial charge in [0.05, 0.1) is 6.61 Å². The standard InChI is InChI=1S/C16H25NO2S/c1-6-19-15(18)14(17-5)11-20-13-9-7-12(8-10-13)16(2,3)4/h7-10,14,17H,6,11H2,1-5H3. The minimum absolute atomic E-state index is 0.168. The van der Waals surface area contributed by atoms with Crippen LogP contribution < -0.4 is 5.32 Å². The Bertz CT molecular complexity index is 423. The summed E-state index contributed by atoms with van der Waals surface area (Å²) < 4.78 is 5.03. The van der Waals surface area contributed by atoms with Crippen LogP contribution in [0, 0.1) is 0 Å². The second-order valence-corrected chi connectivity index (χ2v) is 6.77. The van der Waals surface area contributed by atoms with E-state index in [1.165, 1.54) is 10.5 Å². The predicted octanol–water partition coefficient (Wildman–Crippen LogP) is 3.23. The number of rotatable bonds is 6. The molecule has 4 heteroatoms. The van der Waals surface area contributed by atoms with Crippen molar-refractivity contribution >= 4 is 17.7 Å². The molecule has 0 bridgehead atoms. The first kappa shape index (κ1) is 17.1. The molecule has 0 aliphatic carbocycles. The van der Waals surface area contributed by atoms with Gasteiger partial charge in [0, 0.05) is 10.6 Å². The van der Waals surface area contributed by atoms with Gasteiger partial charge in [-0.1, -0.05) is 32.9 Å². The van der Waals surface area contributed by atoms with Crippen molar-refractivity contribution in [3.63, 3.8) is 0 Å². The van der Waals surface area contributed by atoms with Crippen LogP contribution in [0.2, 0.25) is 0 Å². The van der Waals surface area contributed by atoms with Gasteiger partial charge in [0.2, 0.25) is 0 Å². The third kappa shape index (κ3) is 5.17. The Kier molecular flexibility index (Phi) is 6.56. The Labute approximate surface area is 126 Å². The first-order valence-electron chi connectivity index (χ1n) is 6.95. The Hall–Kier alpha value is -1.00. The van der Waals surface area contributed by atoms with E-state index in [-0.39, 0.29) is 17.4 Å². The van der Waals surface area contributed by atoms with Gasteiger partial charge in [0.25, 0.3) is 0 Å². The molecule has 0 aliphatic heterocycles. The van der Waals surface area contributed by atoms with E-state index in [1.54, 1.807) is 18.8 Å². The first-order valence-corrected chi connectivity index (χ1v) is 7.94. The van der Waals surface area contributed by atoms with Gasteiger partial charge in [0.1, 0.15) is 6.04 Å².